The fourth-order valence-electron chi connectivity index (χ4n) is 4.17. The highest BCUT2D eigenvalue weighted by atomic mass is 35.5. The number of nitrogens with zero attached hydrogens (tertiary/aromatic N) is 1. The average molecular weight is 623 g/mol. The van der Waals surface area contributed by atoms with Gasteiger partial charge < -0.3 is 15.7 Å². The molecule has 1 unspecified atom stereocenters. The Labute approximate surface area is 253 Å². The van der Waals surface area contributed by atoms with E-state index in [2.05, 4.69) is 15.6 Å². The van der Waals surface area contributed by atoms with Gasteiger partial charge >= 0.3 is 5.97 Å². The second-order valence-corrected chi connectivity index (χ2v) is 12.0. The van der Waals surface area contributed by atoms with E-state index in [0.717, 1.165) is 10.5 Å². The van der Waals surface area contributed by atoms with Crippen LogP contribution in [0, 0.1) is 0 Å². The molecule has 0 radical (unpaired) electrons. The highest BCUT2D eigenvalue weighted by Crippen LogP contribution is 2.33. The van der Waals surface area contributed by atoms with Crippen molar-refractivity contribution in [3.63, 3.8) is 0 Å². The third-order valence-corrected chi connectivity index (χ3v) is 8.49. The zero-order valence-electron chi connectivity index (χ0n) is 21.4. The van der Waals surface area contributed by atoms with Crippen LogP contribution in [0.4, 0.5) is 10.8 Å². The van der Waals surface area contributed by atoms with Crippen LogP contribution >= 0.6 is 46.3 Å². The smallest absolute Gasteiger partial charge is 0.336 e. The predicted molar refractivity (Wildman–Crippen MR) is 167 cm³/mol. The molecule has 1 aromatic heterocycles. The molecule has 0 saturated heterocycles. The van der Waals surface area contributed by atoms with Gasteiger partial charge in [-0.05, 0) is 60.8 Å². The number of thiazole rings is 1. The minimum absolute atomic E-state index is 0.0565. The van der Waals surface area contributed by atoms with Crippen molar-refractivity contribution >= 4 is 85.7 Å². The molecule has 206 valence electrons. The Kier molecular flexibility index (Phi) is 8.60. The lowest BCUT2D eigenvalue weighted by atomic mass is 9.98. The molecule has 0 aliphatic carbocycles. The van der Waals surface area contributed by atoms with Gasteiger partial charge in [-0.15, -0.1) is 23.1 Å². The number of carboxylic acids is 1. The molecule has 41 heavy (non-hydrogen) atoms. The topological polar surface area (TPSA) is 108 Å². The number of aromatic nitrogens is 1. The largest absolute Gasteiger partial charge is 0.478 e. The fourth-order valence-corrected chi connectivity index (χ4v) is 6.32. The number of benzene rings is 4. The Morgan fingerprint density at radius 1 is 0.927 bits per heavy atom. The predicted octanol–water partition coefficient (Wildman–Crippen LogP) is 8.34. The molecule has 0 aliphatic heterocycles. The van der Waals surface area contributed by atoms with Crippen LogP contribution in [-0.2, 0) is 4.79 Å². The molecule has 1 heterocycles. The standard InChI is InChI=1S/C30H21Cl2N3O4S2/c1-16(27(36)35-30-34-25(15-40-30)21-12-11-18(31)13-24(21)32)41-20-8-4-7-19(14-20)33-28(37)22-9-2-5-17-6-3-10-23(26(17)22)29(38)39/h2-16H,1H3,(H,33,37)(H,38,39)(H,34,35,36). The van der Waals surface area contributed by atoms with Crippen molar-refractivity contribution in [2.24, 2.45) is 0 Å². The van der Waals surface area contributed by atoms with Gasteiger partial charge in [0.25, 0.3) is 5.91 Å². The molecule has 4 aromatic carbocycles. The maximum Gasteiger partial charge on any atom is 0.336 e. The summed E-state index contributed by atoms with van der Waals surface area (Å²) in [5.41, 5.74) is 2.19. The molecular formula is C30H21Cl2N3O4S2. The number of carbonyl (C=O) groups is 3. The minimum atomic E-state index is -1.11. The van der Waals surface area contributed by atoms with Gasteiger partial charge in [0.2, 0.25) is 5.91 Å². The second-order valence-electron chi connectivity index (χ2n) is 8.91. The van der Waals surface area contributed by atoms with Gasteiger partial charge in [-0.2, -0.15) is 0 Å². The van der Waals surface area contributed by atoms with Crippen LogP contribution < -0.4 is 10.6 Å². The highest BCUT2D eigenvalue weighted by Gasteiger charge is 2.19. The van der Waals surface area contributed by atoms with Gasteiger partial charge in [0.15, 0.2) is 5.13 Å². The van der Waals surface area contributed by atoms with Gasteiger partial charge in [-0.1, -0.05) is 53.5 Å². The van der Waals surface area contributed by atoms with E-state index in [1.165, 1.54) is 29.2 Å². The molecule has 2 amide bonds. The monoisotopic (exact) mass is 621 g/mol. The first-order chi connectivity index (χ1) is 19.7. The van der Waals surface area contributed by atoms with Crippen molar-refractivity contribution in [2.75, 3.05) is 10.6 Å². The lowest BCUT2D eigenvalue weighted by Crippen LogP contribution is -2.22. The van der Waals surface area contributed by atoms with Crippen LogP contribution in [0.25, 0.3) is 22.0 Å². The number of fused-ring (bicyclic) bond motifs is 1. The Balaban J connectivity index is 1.26. The van der Waals surface area contributed by atoms with Gasteiger partial charge in [-0.3, -0.25) is 9.59 Å². The molecule has 0 saturated carbocycles. The number of thioether (sulfide) groups is 1. The number of carboxylic acid groups (broad SMARTS) is 1. The number of hydrogen-bond acceptors (Lipinski definition) is 6. The average Bonchev–Trinajstić information content (AvgIpc) is 3.40. The van der Waals surface area contributed by atoms with Gasteiger partial charge in [0.05, 0.1) is 21.5 Å². The van der Waals surface area contributed by atoms with E-state index in [1.807, 2.05) is 11.4 Å². The lowest BCUT2D eigenvalue weighted by molar-refractivity contribution is -0.115. The fraction of sp³-hybridized carbons (Fsp3) is 0.0667. The SMILES string of the molecule is CC(Sc1cccc(NC(=O)c2cccc3cccc(C(=O)O)c23)c1)C(=O)Nc1nc(-c2ccc(Cl)cc2Cl)cs1. The molecule has 5 rings (SSSR count). The van der Waals surface area contributed by atoms with E-state index in [4.69, 9.17) is 23.2 Å². The van der Waals surface area contributed by atoms with E-state index in [-0.39, 0.29) is 17.0 Å². The van der Waals surface area contributed by atoms with E-state index < -0.39 is 17.1 Å². The Bertz CT molecular complexity index is 1800. The first-order valence-electron chi connectivity index (χ1n) is 12.2. The summed E-state index contributed by atoms with van der Waals surface area (Å²) >= 11 is 14.9. The number of anilines is 2. The summed E-state index contributed by atoms with van der Waals surface area (Å²) in [6, 6.07) is 22.2. The molecule has 1 atom stereocenters. The Morgan fingerprint density at radius 2 is 1.66 bits per heavy atom. The summed E-state index contributed by atoms with van der Waals surface area (Å²) in [6.45, 7) is 1.78. The highest BCUT2D eigenvalue weighted by molar-refractivity contribution is 8.00. The summed E-state index contributed by atoms with van der Waals surface area (Å²) in [5.74, 6) is -1.77. The summed E-state index contributed by atoms with van der Waals surface area (Å²) in [7, 11) is 0. The number of amides is 2. The Morgan fingerprint density at radius 3 is 2.39 bits per heavy atom. The molecule has 0 bridgehead atoms. The van der Waals surface area contributed by atoms with Crippen molar-refractivity contribution in [3.8, 4) is 11.3 Å². The molecule has 7 nitrogen and oxygen atoms in total. The van der Waals surface area contributed by atoms with Crippen LogP contribution in [-0.4, -0.2) is 33.1 Å². The van der Waals surface area contributed by atoms with Gasteiger partial charge in [0.1, 0.15) is 0 Å². The van der Waals surface area contributed by atoms with E-state index >= 15 is 0 Å². The summed E-state index contributed by atoms with van der Waals surface area (Å²) < 4.78 is 0. The minimum Gasteiger partial charge on any atom is -0.478 e. The number of nitrogens with one attached hydrogen (secondary N) is 2. The van der Waals surface area contributed by atoms with Crippen molar-refractivity contribution in [1.29, 1.82) is 0 Å². The quantitative estimate of drug-likeness (QED) is 0.150. The van der Waals surface area contributed by atoms with Crippen molar-refractivity contribution in [2.45, 2.75) is 17.1 Å². The van der Waals surface area contributed by atoms with Crippen molar-refractivity contribution in [1.82, 2.24) is 4.98 Å². The maximum atomic E-state index is 13.2. The van der Waals surface area contributed by atoms with Crippen LogP contribution in [0.5, 0.6) is 0 Å². The van der Waals surface area contributed by atoms with Crippen LogP contribution in [0.1, 0.15) is 27.6 Å². The lowest BCUT2D eigenvalue weighted by Gasteiger charge is -2.13. The van der Waals surface area contributed by atoms with E-state index in [0.29, 0.717) is 37.3 Å². The summed E-state index contributed by atoms with van der Waals surface area (Å²) in [4.78, 5) is 43.1. The zero-order valence-corrected chi connectivity index (χ0v) is 24.5. The van der Waals surface area contributed by atoms with Crippen molar-refractivity contribution < 1.29 is 19.5 Å². The number of rotatable bonds is 8. The first-order valence-corrected chi connectivity index (χ1v) is 14.8. The van der Waals surface area contributed by atoms with E-state index in [9.17, 15) is 19.5 Å². The van der Waals surface area contributed by atoms with Crippen LogP contribution in [0.3, 0.4) is 0 Å². The number of carbonyl (C=O) groups excluding carboxylic acids is 2. The Hall–Kier alpha value is -3.89. The molecular weight excluding hydrogens is 601 g/mol. The van der Waals surface area contributed by atoms with Gasteiger partial charge in [0, 0.05) is 37.5 Å². The maximum absolute atomic E-state index is 13.2. The molecule has 0 aliphatic rings. The first kappa shape index (κ1) is 28.6. The number of halogens is 2. The molecule has 11 heteroatoms. The molecule has 3 N–H and O–H groups in total. The number of hydrogen-bond donors (Lipinski definition) is 3. The molecule has 0 fully saturated rings. The third kappa shape index (κ3) is 6.55. The van der Waals surface area contributed by atoms with Gasteiger partial charge in [-0.25, -0.2) is 9.78 Å². The zero-order chi connectivity index (χ0) is 29.1. The molecule has 0 spiro atoms. The van der Waals surface area contributed by atoms with Crippen LogP contribution in [0.2, 0.25) is 10.0 Å². The summed E-state index contributed by atoms with van der Waals surface area (Å²) in [5, 5.41) is 19.1. The van der Waals surface area contributed by atoms with Crippen LogP contribution in [0.15, 0.2) is 89.1 Å². The summed E-state index contributed by atoms with van der Waals surface area (Å²) in [6.07, 6.45) is 0. The third-order valence-electron chi connectivity index (χ3n) is 6.10. The van der Waals surface area contributed by atoms with Crippen molar-refractivity contribution in [3.05, 3.63) is 105 Å². The molecule has 5 aromatic rings. The van der Waals surface area contributed by atoms with E-state index in [1.54, 1.807) is 73.7 Å². The second kappa shape index (κ2) is 12.3. The number of aromatic carboxylic acids is 1. The normalized spacial score (nSPS) is 11.7.